The number of ether oxygens (including phenoxy) is 1. The molecule has 3 aliphatic rings. The minimum absolute atomic E-state index is 0.0166. The number of anilines is 3. The second kappa shape index (κ2) is 8.78. The van der Waals surface area contributed by atoms with Crippen molar-refractivity contribution in [1.82, 2.24) is 30.2 Å². The van der Waals surface area contributed by atoms with Crippen molar-refractivity contribution in [1.29, 1.82) is 0 Å². The summed E-state index contributed by atoms with van der Waals surface area (Å²) in [6, 6.07) is -0.0166. The summed E-state index contributed by atoms with van der Waals surface area (Å²) in [4.78, 5) is 37.8. The van der Waals surface area contributed by atoms with Gasteiger partial charge in [0.05, 0.1) is 24.4 Å². The fraction of sp³-hybridized carbons (Fsp3) is 0.625. The van der Waals surface area contributed by atoms with Crippen molar-refractivity contribution in [3.05, 3.63) is 18.0 Å². The standard InChI is InChI=1S/C24H35N9O2/c1-23(2,3)30-22(34)32-8-6-24(4,15-32)33-7-5-17-18(16-13-26-20(25)27-14-16)28-21(29-19(17)33)31-9-11-35-12-10-31/h13-14H,5-12,15H2,1-4H3,(H,30,34)(H2,25,26,27)/t24-/m1/s1. The molecule has 3 N–H and O–H groups in total. The highest BCUT2D eigenvalue weighted by molar-refractivity contribution is 5.76. The number of carbonyl (C=O) groups is 1. The summed E-state index contributed by atoms with van der Waals surface area (Å²) in [6.07, 6.45) is 5.16. The zero-order valence-electron chi connectivity index (χ0n) is 21.0. The van der Waals surface area contributed by atoms with E-state index in [2.05, 4.69) is 32.0 Å². The molecule has 11 nitrogen and oxygen atoms in total. The Bertz CT molecular complexity index is 1100. The number of nitrogens with zero attached hydrogens (tertiary/aromatic N) is 7. The van der Waals surface area contributed by atoms with Crippen LogP contribution in [0.3, 0.4) is 0 Å². The molecular formula is C24H35N9O2. The van der Waals surface area contributed by atoms with E-state index in [1.807, 2.05) is 25.7 Å². The molecule has 0 aliphatic carbocycles. The van der Waals surface area contributed by atoms with Gasteiger partial charge in [0.1, 0.15) is 5.82 Å². The van der Waals surface area contributed by atoms with E-state index >= 15 is 0 Å². The monoisotopic (exact) mass is 481 g/mol. The van der Waals surface area contributed by atoms with Gasteiger partial charge in [-0.3, -0.25) is 0 Å². The van der Waals surface area contributed by atoms with E-state index < -0.39 is 0 Å². The Kier molecular flexibility index (Phi) is 5.90. The smallest absolute Gasteiger partial charge is 0.317 e. The maximum Gasteiger partial charge on any atom is 0.317 e. The van der Waals surface area contributed by atoms with Gasteiger partial charge in [0.2, 0.25) is 11.9 Å². The first-order valence-electron chi connectivity index (χ1n) is 12.3. The quantitative estimate of drug-likeness (QED) is 0.673. The molecule has 2 saturated heterocycles. The Morgan fingerprint density at radius 3 is 2.51 bits per heavy atom. The predicted octanol–water partition coefficient (Wildman–Crippen LogP) is 1.69. The van der Waals surface area contributed by atoms with Gasteiger partial charge in [0, 0.05) is 61.8 Å². The van der Waals surface area contributed by atoms with Gasteiger partial charge >= 0.3 is 6.03 Å². The van der Waals surface area contributed by atoms with Gasteiger partial charge in [-0.05, 0) is 40.5 Å². The van der Waals surface area contributed by atoms with Gasteiger partial charge in [-0.2, -0.15) is 4.98 Å². The van der Waals surface area contributed by atoms with E-state index in [0.717, 1.165) is 55.1 Å². The van der Waals surface area contributed by atoms with E-state index in [9.17, 15) is 4.79 Å². The number of urea groups is 1. The normalized spacial score (nSPS) is 22.5. The van der Waals surface area contributed by atoms with Crippen molar-refractivity contribution in [2.75, 3.05) is 61.5 Å². The highest BCUT2D eigenvalue weighted by Crippen LogP contribution is 2.41. The molecule has 35 heavy (non-hydrogen) atoms. The van der Waals surface area contributed by atoms with Crippen molar-refractivity contribution in [3.8, 4) is 11.3 Å². The van der Waals surface area contributed by atoms with Crippen LogP contribution in [-0.4, -0.2) is 87.9 Å². The van der Waals surface area contributed by atoms with Gasteiger partial charge in [-0.1, -0.05) is 0 Å². The van der Waals surface area contributed by atoms with Crippen LogP contribution in [0.25, 0.3) is 11.3 Å². The number of hydrogen-bond acceptors (Lipinski definition) is 9. The molecule has 0 aromatic carbocycles. The molecule has 5 rings (SSSR count). The number of hydrogen-bond donors (Lipinski definition) is 2. The van der Waals surface area contributed by atoms with Crippen LogP contribution < -0.4 is 20.9 Å². The van der Waals surface area contributed by atoms with Crippen molar-refractivity contribution in [2.45, 2.75) is 51.6 Å². The number of nitrogens with two attached hydrogens (primary N) is 1. The lowest BCUT2D eigenvalue weighted by molar-refractivity contribution is 0.122. The van der Waals surface area contributed by atoms with Gasteiger partial charge in [-0.15, -0.1) is 0 Å². The molecule has 11 heteroatoms. The molecule has 0 saturated carbocycles. The Hall–Kier alpha value is -3.21. The van der Waals surface area contributed by atoms with Crippen LogP contribution in [0.15, 0.2) is 12.4 Å². The molecule has 0 bridgehead atoms. The minimum atomic E-state index is -0.271. The topological polar surface area (TPSA) is 126 Å². The van der Waals surface area contributed by atoms with E-state index in [4.69, 9.17) is 20.4 Å². The maximum absolute atomic E-state index is 12.9. The molecule has 0 radical (unpaired) electrons. The summed E-state index contributed by atoms with van der Waals surface area (Å²) in [5.41, 5.74) is 8.02. The van der Waals surface area contributed by atoms with Crippen LogP contribution in [-0.2, 0) is 11.2 Å². The molecule has 188 valence electrons. The Balaban J connectivity index is 1.49. The number of nitrogens with one attached hydrogen (secondary N) is 1. The number of fused-ring (bicyclic) bond motifs is 1. The lowest BCUT2D eigenvalue weighted by Gasteiger charge is -2.37. The lowest BCUT2D eigenvalue weighted by atomic mass is 9.99. The molecule has 2 aromatic rings. The van der Waals surface area contributed by atoms with E-state index in [1.54, 1.807) is 12.4 Å². The summed E-state index contributed by atoms with van der Waals surface area (Å²) in [7, 11) is 0. The third-order valence-corrected chi connectivity index (χ3v) is 6.93. The van der Waals surface area contributed by atoms with E-state index in [0.29, 0.717) is 32.3 Å². The average molecular weight is 482 g/mol. The Labute approximate surface area is 206 Å². The van der Waals surface area contributed by atoms with Crippen LogP contribution in [0.4, 0.5) is 22.5 Å². The number of likely N-dealkylation sites (tertiary alicyclic amines) is 1. The zero-order chi connectivity index (χ0) is 24.8. The number of rotatable bonds is 3. The van der Waals surface area contributed by atoms with Crippen LogP contribution in [0, 0.1) is 0 Å². The van der Waals surface area contributed by atoms with Crippen LogP contribution in [0.5, 0.6) is 0 Å². The van der Waals surface area contributed by atoms with E-state index in [-0.39, 0.29) is 23.1 Å². The van der Waals surface area contributed by atoms with E-state index in [1.165, 1.54) is 0 Å². The number of nitrogen functional groups attached to an aromatic ring is 1. The van der Waals surface area contributed by atoms with Gasteiger partial charge in [0.15, 0.2) is 0 Å². The molecule has 3 aliphatic heterocycles. The van der Waals surface area contributed by atoms with Crippen molar-refractivity contribution < 1.29 is 9.53 Å². The summed E-state index contributed by atoms with van der Waals surface area (Å²) in [6.45, 7) is 13.2. The first kappa shape index (κ1) is 23.5. The lowest BCUT2D eigenvalue weighted by Crippen LogP contribution is -2.52. The molecule has 0 unspecified atom stereocenters. The largest absolute Gasteiger partial charge is 0.378 e. The fourth-order valence-electron chi connectivity index (χ4n) is 5.11. The minimum Gasteiger partial charge on any atom is -0.378 e. The summed E-state index contributed by atoms with van der Waals surface area (Å²) in [5, 5.41) is 3.10. The summed E-state index contributed by atoms with van der Waals surface area (Å²) >= 11 is 0. The fourth-order valence-corrected chi connectivity index (χ4v) is 5.11. The van der Waals surface area contributed by atoms with Crippen LogP contribution >= 0.6 is 0 Å². The molecule has 2 amide bonds. The SMILES string of the molecule is CC(C)(C)NC(=O)N1CC[C@@](C)(N2CCc3c(-c4cnc(N)nc4)nc(N4CCOCC4)nc32)C1. The highest BCUT2D eigenvalue weighted by Gasteiger charge is 2.45. The third-order valence-electron chi connectivity index (χ3n) is 6.93. The first-order valence-corrected chi connectivity index (χ1v) is 12.3. The molecule has 2 aromatic heterocycles. The van der Waals surface area contributed by atoms with Crippen LogP contribution in [0.2, 0.25) is 0 Å². The van der Waals surface area contributed by atoms with Crippen molar-refractivity contribution in [3.63, 3.8) is 0 Å². The third kappa shape index (κ3) is 4.69. The van der Waals surface area contributed by atoms with Gasteiger partial charge in [0.25, 0.3) is 0 Å². The second-order valence-electron chi connectivity index (χ2n) is 10.9. The Morgan fingerprint density at radius 2 is 1.83 bits per heavy atom. The van der Waals surface area contributed by atoms with Gasteiger partial charge < -0.3 is 30.5 Å². The average Bonchev–Trinajstić information content (AvgIpc) is 3.43. The second-order valence-corrected chi connectivity index (χ2v) is 10.9. The summed E-state index contributed by atoms with van der Waals surface area (Å²) in [5.74, 6) is 1.87. The molecule has 5 heterocycles. The Morgan fingerprint density at radius 1 is 1.11 bits per heavy atom. The predicted molar refractivity (Wildman–Crippen MR) is 134 cm³/mol. The molecule has 1 atom stereocenters. The molecular weight excluding hydrogens is 446 g/mol. The number of carbonyl (C=O) groups excluding carboxylic acids is 1. The van der Waals surface area contributed by atoms with Crippen molar-refractivity contribution in [2.24, 2.45) is 0 Å². The molecule has 2 fully saturated rings. The number of morpholine rings is 1. The van der Waals surface area contributed by atoms with Gasteiger partial charge in [-0.25, -0.2) is 19.7 Å². The summed E-state index contributed by atoms with van der Waals surface area (Å²) < 4.78 is 5.54. The number of aromatic nitrogens is 4. The zero-order valence-corrected chi connectivity index (χ0v) is 21.0. The van der Waals surface area contributed by atoms with Crippen molar-refractivity contribution >= 4 is 23.7 Å². The maximum atomic E-state index is 12.9. The van der Waals surface area contributed by atoms with Crippen LogP contribution in [0.1, 0.15) is 39.7 Å². The first-order chi connectivity index (χ1) is 16.6. The highest BCUT2D eigenvalue weighted by atomic mass is 16.5. The number of amides is 2. The molecule has 0 spiro atoms.